The third-order valence-electron chi connectivity index (χ3n) is 5.13. The number of hydrogen-bond acceptors (Lipinski definition) is 1. The summed E-state index contributed by atoms with van der Waals surface area (Å²) in [6, 6.07) is 1.56. The maximum atomic E-state index is 2.76. The van der Waals surface area contributed by atoms with Crippen LogP contribution in [0.1, 0.15) is 19.3 Å². The van der Waals surface area contributed by atoms with Crippen molar-refractivity contribution in [3.8, 4) is 0 Å². The van der Waals surface area contributed by atoms with Gasteiger partial charge in [0.15, 0.2) is 0 Å². The monoisotopic (exact) mass is 207 g/mol. The van der Waals surface area contributed by atoms with Crippen LogP contribution in [0.25, 0.3) is 0 Å². The molecule has 2 bridgehead atoms. The van der Waals surface area contributed by atoms with E-state index in [0.29, 0.717) is 0 Å². The topological polar surface area (TPSA) is 3.24 Å². The van der Waals surface area contributed by atoms with E-state index in [1.54, 1.807) is 6.04 Å². The molecule has 1 saturated carbocycles. The minimum atomic E-state index is -1.05. The van der Waals surface area contributed by atoms with Crippen molar-refractivity contribution < 1.29 is 0 Å². The molecule has 3 atom stereocenters. The molecule has 1 saturated heterocycles. The molecule has 0 radical (unpaired) electrons. The summed E-state index contributed by atoms with van der Waals surface area (Å²) < 4.78 is 2.76. The van der Waals surface area contributed by atoms with Crippen molar-refractivity contribution in [2.75, 3.05) is 13.6 Å². The third-order valence-corrected chi connectivity index (χ3v) is 10.8. The van der Waals surface area contributed by atoms with Gasteiger partial charge in [0.25, 0.3) is 0 Å². The second-order valence-electron chi connectivity index (χ2n) is 5.70. The molecule has 14 heavy (non-hydrogen) atoms. The molecule has 3 aliphatic rings. The first-order valence-corrected chi connectivity index (χ1v) is 8.84. The Morgan fingerprint density at radius 3 is 2.29 bits per heavy atom. The highest BCUT2D eigenvalue weighted by molar-refractivity contribution is 6.78. The molecule has 1 aliphatic heterocycles. The van der Waals surface area contributed by atoms with Gasteiger partial charge < -0.3 is 4.57 Å². The fourth-order valence-corrected chi connectivity index (χ4v) is 9.41. The van der Waals surface area contributed by atoms with E-state index in [-0.39, 0.29) is 0 Å². The fourth-order valence-electron chi connectivity index (χ4n) is 4.24. The standard InChI is InChI=1S/C12H21NSi/c1-13-8-3-9-14(13,2)12-10-4-5-11(12)7-6-10/h4-5,10-12H,3,6-9H2,1-2H3. The molecule has 2 aliphatic carbocycles. The van der Waals surface area contributed by atoms with Crippen molar-refractivity contribution in [3.05, 3.63) is 12.2 Å². The highest BCUT2D eigenvalue weighted by atomic mass is 28.3. The third kappa shape index (κ3) is 1.04. The summed E-state index contributed by atoms with van der Waals surface area (Å²) in [5, 5.41) is 0. The highest BCUT2D eigenvalue weighted by Crippen LogP contribution is 2.56. The summed E-state index contributed by atoms with van der Waals surface area (Å²) in [7, 11) is 1.34. The molecule has 0 aromatic carbocycles. The van der Waals surface area contributed by atoms with Gasteiger partial charge in [-0.1, -0.05) is 18.7 Å². The van der Waals surface area contributed by atoms with E-state index < -0.39 is 8.24 Å². The molecular weight excluding hydrogens is 186 g/mol. The van der Waals surface area contributed by atoms with E-state index in [0.717, 1.165) is 17.4 Å². The van der Waals surface area contributed by atoms with Crippen LogP contribution >= 0.6 is 0 Å². The Kier molecular flexibility index (Phi) is 1.93. The normalized spacial score (nSPS) is 52.0. The summed E-state index contributed by atoms with van der Waals surface area (Å²) >= 11 is 0. The smallest absolute Gasteiger partial charge is 0.129 e. The lowest BCUT2D eigenvalue weighted by Gasteiger charge is -2.38. The van der Waals surface area contributed by atoms with Crippen LogP contribution in [0.4, 0.5) is 0 Å². The Morgan fingerprint density at radius 2 is 1.86 bits per heavy atom. The fraction of sp³-hybridized carbons (Fsp3) is 0.833. The largest absolute Gasteiger partial charge is 0.326 e. The molecule has 0 aromatic rings. The molecule has 1 nitrogen and oxygen atoms in total. The number of allylic oxidation sites excluding steroid dienone is 2. The van der Waals surface area contributed by atoms with Crippen LogP contribution in [-0.2, 0) is 0 Å². The number of rotatable bonds is 1. The lowest BCUT2D eigenvalue weighted by molar-refractivity contribution is 0.513. The lowest BCUT2D eigenvalue weighted by Crippen LogP contribution is -2.49. The maximum Gasteiger partial charge on any atom is 0.129 e. The van der Waals surface area contributed by atoms with Gasteiger partial charge in [0.1, 0.15) is 8.24 Å². The second kappa shape index (κ2) is 2.95. The Hall–Kier alpha value is -0.0831. The first-order chi connectivity index (χ1) is 6.72. The van der Waals surface area contributed by atoms with E-state index in [2.05, 4.69) is 30.3 Å². The molecule has 0 amide bonds. The van der Waals surface area contributed by atoms with Gasteiger partial charge in [0.2, 0.25) is 0 Å². The summed E-state index contributed by atoms with van der Waals surface area (Å²) in [5.41, 5.74) is 1.08. The second-order valence-corrected chi connectivity index (χ2v) is 10.3. The number of nitrogens with zero attached hydrogens (tertiary/aromatic N) is 1. The maximum absolute atomic E-state index is 2.76. The molecule has 3 rings (SSSR count). The lowest BCUT2D eigenvalue weighted by atomic mass is 10.1. The van der Waals surface area contributed by atoms with Crippen LogP contribution in [0.15, 0.2) is 12.2 Å². The van der Waals surface area contributed by atoms with E-state index in [1.165, 1.54) is 25.8 Å². The van der Waals surface area contributed by atoms with Gasteiger partial charge in [-0.25, -0.2) is 0 Å². The van der Waals surface area contributed by atoms with E-state index in [9.17, 15) is 0 Å². The number of fused-ring (bicyclic) bond motifs is 2. The predicted octanol–water partition coefficient (Wildman–Crippen LogP) is 2.86. The molecular formula is C12H21NSi. The van der Waals surface area contributed by atoms with Gasteiger partial charge in [0, 0.05) is 0 Å². The van der Waals surface area contributed by atoms with Crippen molar-refractivity contribution >= 4 is 8.24 Å². The molecule has 0 N–H and O–H groups in total. The zero-order valence-corrected chi connectivity index (χ0v) is 10.4. The van der Waals surface area contributed by atoms with Crippen molar-refractivity contribution in [3.63, 3.8) is 0 Å². The summed E-state index contributed by atoms with van der Waals surface area (Å²) in [4.78, 5) is 0. The highest BCUT2D eigenvalue weighted by Gasteiger charge is 2.53. The van der Waals surface area contributed by atoms with E-state index in [1.807, 2.05) is 0 Å². The predicted molar refractivity (Wildman–Crippen MR) is 62.8 cm³/mol. The Balaban J connectivity index is 1.89. The molecule has 78 valence electrons. The molecule has 1 heterocycles. The van der Waals surface area contributed by atoms with Crippen LogP contribution in [0.5, 0.6) is 0 Å². The minimum Gasteiger partial charge on any atom is -0.326 e. The zero-order chi connectivity index (χ0) is 9.76. The van der Waals surface area contributed by atoms with Gasteiger partial charge >= 0.3 is 0 Å². The van der Waals surface area contributed by atoms with Crippen LogP contribution in [0.2, 0.25) is 18.1 Å². The first kappa shape index (κ1) is 9.17. The molecule has 2 fully saturated rings. The van der Waals surface area contributed by atoms with Crippen LogP contribution in [0.3, 0.4) is 0 Å². The zero-order valence-electron chi connectivity index (χ0n) is 9.37. The molecule has 0 spiro atoms. The van der Waals surface area contributed by atoms with Gasteiger partial charge in [-0.05, 0) is 56.3 Å². The van der Waals surface area contributed by atoms with Crippen LogP contribution < -0.4 is 0 Å². The minimum absolute atomic E-state index is 0.970. The molecule has 0 aromatic heterocycles. The Bertz CT molecular complexity index is 261. The first-order valence-electron chi connectivity index (χ1n) is 6.11. The summed E-state index contributed by atoms with van der Waals surface area (Å²) in [5.74, 6) is 1.94. The van der Waals surface area contributed by atoms with Crippen molar-refractivity contribution in [2.45, 2.75) is 37.4 Å². The SMILES string of the molecule is CN1CCC[Si]1(C)C1C2C=CC1CC2. The van der Waals surface area contributed by atoms with Crippen molar-refractivity contribution in [1.29, 1.82) is 0 Å². The van der Waals surface area contributed by atoms with E-state index in [4.69, 9.17) is 0 Å². The number of hydrogen-bond donors (Lipinski definition) is 0. The Morgan fingerprint density at radius 1 is 1.21 bits per heavy atom. The van der Waals surface area contributed by atoms with Gasteiger partial charge in [-0.15, -0.1) is 0 Å². The summed E-state index contributed by atoms with van der Waals surface area (Å²) in [6.45, 7) is 4.02. The van der Waals surface area contributed by atoms with Gasteiger partial charge in [-0.3, -0.25) is 0 Å². The summed E-state index contributed by atoms with van der Waals surface area (Å²) in [6.07, 6.45) is 9.51. The van der Waals surface area contributed by atoms with Gasteiger partial charge in [-0.2, -0.15) is 0 Å². The average Bonchev–Trinajstić information content (AvgIpc) is 2.82. The Labute approximate surface area is 88.3 Å². The van der Waals surface area contributed by atoms with Crippen molar-refractivity contribution in [2.24, 2.45) is 11.8 Å². The quantitative estimate of drug-likeness (QED) is 0.472. The van der Waals surface area contributed by atoms with Crippen molar-refractivity contribution in [1.82, 2.24) is 4.57 Å². The van der Waals surface area contributed by atoms with Gasteiger partial charge in [0.05, 0.1) is 0 Å². The molecule has 3 unspecified atom stereocenters. The van der Waals surface area contributed by atoms with E-state index >= 15 is 0 Å². The average molecular weight is 207 g/mol. The van der Waals surface area contributed by atoms with Crippen LogP contribution in [0, 0.1) is 11.8 Å². The molecule has 2 heteroatoms. The van der Waals surface area contributed by atoms with Crippen LogP contribution in [-0.4, -0.2) is 26.4 Å².